The first kappa shape index (κ1) is 27.0. The second-order valence-electron chi connectivity index (χ2n) is 6.71. The van der Waals surface area contributed by atoms with Crippen LogP contribution in [0.15, 0.2) is 24.3 Å². The summed E-state index contributed by atoms with van der Waals surface area (Å²) in [7, 11) is 3.13. The Morgan fingerprint density at radius 3 is 1.74 bits per heavy atom. The van der Waals surface area contributed by atoms with Crippen LogP contribution in [0.5, 0.6) is 0 Å². The van der Waals surface area contributed by atoms with E-state index in [-0.39, 0.29) is 11.8 Å². The van der Waals surface area contributed by atoms with Crippen LogP contribution in [0.25, 0.3) is 0 Å². The highest BCUT2D eigenvalue weighted by Crippen LogP contribution is 2.17. The second kappa shape index (κ2) is 17.6. The zero-order valence-electron chi connectivity index (χ0n) is 18.8. The number of ether oxygens (including phenoxy) is 5. The molecule has 31 heavy (non-hydrogen) atoms. The van der Waals surface area contributed by atoms with E-state index in [1.807, 2.05) is 12.1 Å². The summed E-state index contributed by atoms with van der Waals surface area (Å²) in [5, 5.41) is 5.58. The minimum absolute atomic E-state index is 0.0280. The summed E-state index contributed by atoms with van der Waals surface area (Å²) in [6.07, 6.45) is 1.07. The average molecular weight is 441 g/mol. The number of carbonyl (C=O) groups is 2. The molecule has 1 aromatic rings. The highest BCUT2D eigenvalue weighted by atomic mass is 16.7. The van der Waals surface area contributed by atoms with Gasteiger partial charge in [-0.3, -0.25) is 9.59 Å². The Hall–Kier alpha value is -2.04. The number of hydrogen-bond acceptors (Lipinski definition) is 7. The fourth-order valence-corrected chi connectivity index (χ4v) is 2.62. The van der Waals surface area contributed by atoms with Crippen molar-refractivity contribution in [3.8, 4) is 0 Å². The fraction of sp³-hybridized carbons (Fsp3) is 0.636. The minimum Gasteiger partial charge on any atom is -0.379 e. The third kappa shape index (κ3) is 13.1. The van der Waals surface area contributed by atoms with Gasteiger partial charge in [-0.05, 0) is 25.0 Å². The molecule has 0 saturated heterocycles. The first-order chi connectivity index (χ1) is 15.1. The largest absolute Gasteiger partial charge is 0.379 e. The van der Waals surface area contributed by atoms with Gasteiger partial charge in [0, 0.05) is 58.6 Å². The lowest BCUT2D eigenvalue weighted by Gasteiger charge is -2.14. The van der Waals surface area contributed by atoms with Gasteiger partial charge in [0.1, 0.15) is 0 Å². The average Bonchev–Trinajstić information content (AvgIpc) is 2.77. The summed E-state index contributed by atoms with van der Waals surface area (Å²) in [4.78, 5) is 22.8. The van der Waals surface area contributed by atoms with Crippen molar-refractivity contribution < 1.29 is 33.3 Å². The van der Waals surface area contributed by atoms with Crippen molar-refractivity contribution >= 4 is 11.8 Å². The topological polar surface area (TPSA) is 104 Å². The lowest BCUT2D eigenvalue weighted by Crippen LogP contribution is -2.25. The zero-order valence-corrected chi connectivity index (χ0v) is 18.8. The quantitative estimate of drug-likeness (QED) is 0.264. The molecule has 0 fully saturated rings. The van der Waals surface area contributed by atoms with Crippen LogP contribution in [-0.4, -0.2) is 78.8 Å². The van der Waals surface area contributed by atoms with Crippen molar-refractivity contribution in [2.75, 3.05) is 67.0 Å². The van der Waals surface area contributed by atoms with Crippen molar-refractivity contribution in [1.29, 1.82) is 0 Å². The van der Waals surface area contributed by atoms with Crippen molar-refractivity contribution in [3.05, 3.63) is 35.4 Å². The number of benzene rings is 1. The summed E-state index contributed by atoms with van der Waals surface area (Å²) in [6.45, 7) is 5.82. The molecule has 0 bridgehead atoms. The van der Waals surface area contributed by atoms with E-state index in [0.717, 1.165) is 18.4 Å². The molecule has 0 saturated carbocycles. The van der Waals surface area contributed by atoms with Gasteiger partial charge in [0.2, 0.25) is 5.91 Å². The van der Waals surface area contributed by atoms with Crippen LogP contribution in [0.4, 0.5) is 0 Å². The van der Waals surface area contributed by atoms with Gasteiger partial charge >= 0.3 is 0 Å². The highest BCUT2D eigenvalue weighted by Gasteiger charge is 2.10. The van der Waals surface area contributed by atoms with Crippen LogP contribution in [-0.2, 0) is 28.5 Å². The molecule has 0 spiro atoms. The van der Waals surface area contributed by atoms with E-state index < -0.39 is 6.29 Å². The number of nitrogens with one attached hydrogen (secondary N) is 2. The Kier molecular flexibility index (Phi) is 15.3. The Morgan fingerprint density at radius 1 is 0.774 bits per heavy atom. The standard InChI is InChI=1S/C22H36N2O7/c1-18(25)23-10-4-12-29-14-16-31-17-15-30-13-5-11-24-21(26)19-6-8-20(9-7-19)22(27-2)28-3/h6-9,22H,4-5,10-17H2,1-3H3,(H,23,25)(H,24,26). The summed E-state index contributed by atoms with van der Waals surface area (Å²) in [5.41, 5.74) is 1.44. The maximum Gasteiger partial charge on any atom is 0.251 e. The van der Waals surface area contributed by atoms with Crippen molar-refractivity contribution in [2.45, 2.75) is 26.1 Å². The van der Waals surface area contributed by atoms with Crippen LogP contribution in [0.2, 0.25) is 0 Å². The van der Waals surface area contributed by atoms with Crippen molar-refractivity contribution in [2.24, 2.45) is 0 Å². The molecule has 9 nitrogen and oxygen atoms in total. The zero-order chi connectivity index (χ0) is 22.7. The van der Waals surface area contributed by atoms with E-state index in [1.54, 1.807) is 26.4 Å². The van der Waals surface area contributed by atoms with E-state index in [9.17, 15) is 9.59 Å². The molecule has 0 aromatic heterocycles. The fourth-order valence-electron chi connectivity index (χ4n) is 2.62. The van der Waals surface area contributed by atoms with Gasteiger partial charge in [-0.1, -0.05) is 12.1 Å². The summed E-state index contributed by atoms with van der Waals surface area (Å²) in [6, 6.07) is 7.12. The van der Waals surface area contributed by atoms with Crippen LogP contribution in [0.3, 0.4) is 0 Å². The second-order valence-corrected chi connectivity index (χ2v) is 6.71. The van der Waals surface area contributed by atoms with Gasteiger partial charge in [0.05, 0.1) is 26.4 Å². The number of carbonyl (C=O) groups excluding carboxylic acids is 2. The Bertz CT molecular complexity index is 606. The number of amides is 2. The molecule has 0 unspecified atom stereocenters. The molecule has 1 rings (SSSR count). The Balaban J connectivity index is 1.95. The molecule has 0 aliphatic rings. The molecule has 0 heterocycles. The third-order valence-electron chi connectivity index (χ3n) is 4.21. The predicted octanol–water partition coefficient (Wildman–Crippen LogP) is 1.67. The van der Waals surface area contributed by atoms with E-state index in [1.165, 1.54) is 6.92 Å². The predicted molar refractivity (Wildman–Crippen MR) is 116 cm³/mol. The summed E-state index contributed by atoms with van der Waals surface area (Å²) < 4.78 is 26.7. The van der Waals surface area contributed by atoms with Gasteiger partial charge in [-0.15, -0.1) is 0 Å². The molecule has 2 amide bonds. The van der Waals surface area contributed by atoms with E-state index in [4.69, 9.17) is 23.7 Å². The molecular formula is C22H36N2O7. The molecule has 176 valence electrons. The Labute approximate surface area is 184 Å². The lowest BCUT2D eigenvalue weighted by molar-refractivity contribution is -0.119. The lowest BCUT2D eigenvalue weighted by atomic mass is 10.1. The number of methoxy groups -OCH3 is 2. The van der Waals surface area contributed by atoms with Gasteiger partial charge in [-0.2, -0.15) is 0 Å². The number of hydrogen-bond donors (Lipinski definition) is 2. The first-order valence-corrected chi connectivity index (χ1v) is 10.5. The summed E-state index contributed by atoms with van der Waals surface area (Å²) >= 11 is 0. The molecule has 9 heteroatoms. The molecule has 1 aromatic carbocycles. The maximum absolute atomic E-state index is 12.1. The molecule has 0 atom stereocenters. The maximum atomic E-state index is 12.1. The van der Waals surface area contributed by atoms with Gasteiger partial charge in [0.15, 0.2) is 6.29 Å². The summed E-state index contributed by atoms with van der Waals surface area (Å²) in [5.74, 6) is -0.155. The van der Waals surface area contributed by atoms with Gasteiger partial charge < -0.3 is 34.3 Å². The van der Waals surface area contributed by atoms with E-state index in [2.05, 4.69) is 10.6 Å². The van der Waals surface area contributed by atoms with Crippen molar-refractivity contribution in [3.63, 3.8) is 0 Å². The minimum atomic E-state index is -0.438. The van der Waals surface area contributed by atoms with Crippen LogP contribution in [0, 0.1) is 0 Å². The van der Waals surface area contributed by atoms with Crippen LogP contribution in [0.1, 0.15) is 42.0 Å². The third-order valence-corrected chi connectivity index (χ3v) is 4.21. The van der Waals surface area contributed by atoms with Gasteiger partial charge in [-0.25, -0.2) is 0 Å². The Morgan fingerprint density at radius 2 is 1.26 bits per heavy atom. The monoisotopic (exact) mass is 440 g/mol. The van der Waals surface area contributed by atoms with Crippen LogP contribution < -0.4 is 10.6 Å². The van der Waals surface area contributed by atoms with Crippen molar-refractivity contribution in [1.82, 2.24) is 10.6 Å². The molecule has 0 aliphatic heterocycles. The SMILES string of the molecule is COC(OC)c1ccc(C(=O)NCCCOCCOCCOCCCNC(C)=O)cc1. The normalized spacial score (nSPS) is 11.0. The smallest absolute Gasteiger partial charge is 0.251 e. The van der Waals surface area contributed by atoms with E-state index in [0.29, 0.717) is 58.3 Å². The van der Waals surface area contributed by atoms with E-state index >= 15 is 0 Å². The molecular weight excluding hydrogens is 404 g/mol. The molecule has 2 N–H and O–H groups in total. The van der Waals surface area contributed by atoms with Gasteiger partial charge in [0.25, 0.3) is 5.91 Å². The molecule has 0 aliphatic carbocycles. The molecule has 0 radical (unpaired) electrons. The van der Waals surface area contributed by atoms with Crippen LogP contribution >= 0.6 is 0 Å². The first-order valence-electron chi connectivity index (χ1n) is 10.5. The highest BCUT2D eigenvalue weighted by molar-refractivity contribution is 5.94. The number of rotatable bonds is 18.